The summed E-state index contributed by atoms with van der Waals surface area (Å²) < 4.78 is -0.514. The SMILES string of the molecule is CC[C@H](C)[C@H](NC(=O)[C@@H]1N2C(=O)c3ccccc3[C@@H]2SC1(C)C)C(=O)N[C@H](CO)C(C)C. The van der Waals surface area contributed by atoms with Crippen molar-refractivity contribution in [2.75, 3.05) is 6.61 Å². The van der Waals surface area contributed by atoms with Crippen LogP contribution in [0.2, 0.25) is 0 Å². The summed E-state index contributed by atoms with van der Waals surface area (Å²) in [4.78, 5) is 41.5. The Labute approximate surface area is 194 Å². The smallest absolute Gasteiger partial charge is 0.256 e. The molecule has 1 fully saturated rings. The minimum Gasteiger partial charge on any atom is -0.394 e. The minimum absolute atomic E-state index is 0.0592. The van der Waals surface area contributed by atoms with Gasteiger partial charge in [-0.05, 0) is 37.3 Å². The minimum atomic E-state index is -0.750. The van der Waals surface area contributed by atoms with Crippen LogP contribution in [0.15, 0.2) is 24.3 Å². The van der Waals surface area contributed by atoms with Crippen LogP contribution in [0.1, 0.15) is 69.3 Å². The highest BCUT2D eigenvalue weighted by atomic mass is 32.2. The van der Waals surface area contributed by atoms with E-state index in [0.717, 1.165) is 5.56 Å². The molecular formula is C24H35N3O4S. The first-order valence-electron chi connectivity index (χ1n) is 11.3. The second-order valence-electron chi connectivity index (χ2n) is 9.69. The fourth-order valence-corrected chi connectivity index (χ4v) is 6.02. The molecule has 3 amide bonds. The summed E-state index contributed by atoms with van der Waals surface area (Å²) in [6.45, 7) is 11.5. The van der Waals surface area contributed by atoms with Crippen molar-refractivity contribution < 1.29 is 19.5 Å². The molecule has 8 heteroatoms. The Hall–Kier alpha value is -2.06. The molecule has 0 radical (unpaired) electrons. The molecular weight excluding hydrogens is 426 g/mol. The Balaban J connectivity index is 1.84. The summed E-state index contributed by atoms with van der Waals surface area (Å²) in [6.07, 6.45) is 0.698. The second kappa shape index (κ2) is 9.43. The molecule has 2 heterocycles. The molecule has 1 aromatic carbocycles. The third-order valence-corrected chi connectivity index (χ3v) is 8.20. The maximum Gasteiger partial charge on any atom is 0.256 e. The third kappa shape index (κ3) is 4.39. The van der Waals surface area contributed by atoms with Gasteiger partial charge in [-0.25, -0.2) is 0 Å². The van der Waals surface area contributed by atoms with Crippen LogP contribution >= 0.6 is 11.8 Å². The summed E-state index contributed by atoms with van der Waals surface area (Å²) >= 11 is 1.60. The zero-order valence-corrected chi connectivity index (χ0v) is 20.5. The number of hydrogen-bond donors (Lipinski definition) is 3. The largest absolute Gasteiger partial charge is 0.394 e. The average Bonchev–Trinajstić information content (AvgIpc) is 3.18. The molecule has 3 N–H and O–H groups in total. The van der Waals surface area contributed by atoms with Gasteiger partial charge in [-0.3, -0.25) is 14.4 Å². The van der Waals surface area contributed by atoms with E-state index in [-0.39, 0.29) is 47.6 Å². The van der Waals surface area contributed by atoms with Crippen LogP contribution in [0.3, 0.4) is 0 Å². The Bertz CT molecular complexity index is 888. The van der Waals surface area contributed by atoms with Crippen molar-refractivity contribution in [3.05, 3.63) is 35.4 Å². The molecule has 0 spiro atoms. The molecule has 0 aromatic heterocycles. The highest BCUT2D eigenvalue weighted by Gasteiger charge is 2.57. The monoisotopic (exact) mass is 461 g/mol. The summed E-state index contributed by atoms with van der Waals surface area (Å²) in [5, 5.41) is 15.2. The lowest BCUT2D eigenvalue weighted by molar-refractivity contribution is -0.133. The quantitative estimate of drug-likeness (QED) is 0.553. The number of thioether (sulfide) groups is 1. The molecule has 1 saturated heterocycles. The van der Waals surface area contributed by atoms with Crippen LogP contribution in [0, 0.1) is 11.8 Å². The number of carbonyl (C=O) groups excluding carboxylic acids is 3. The molecule has 3 rings (SSSR count). The van der Waals surface area contributed by atoms with Gasteiger partial charge in [0, 0.05) is 10.3 Å². The lowest BCUT2D eigenvalue weighted by atomic mass is 9.95. The van der Waals surface area contributed by atoms with E-state index in [1.165, 1.54) is 0 Å². The van der Waals surface area contributed by atoms with Gasteiger partial charge in [0.1, 0.15) is 17.5 Å². The number of fused-ring (bicyclic) bond motifs is 3. The van der Waals surface area contributed by atoms with Gasteiger partial charge in [-0.15, -0.1) is 11.8 Å². The van der Waals surface area contributed by atoms with Crippen molar-refractivity contribution >= 4 is 29.5 Å². The van der Waals surface area contributed by atoms with E-state index in [1.807, 2.05) is 59.7 Å². The van der Waals surface area contributed by atoms with Crippen LogP contribution in [-0.2, 0) is 9.59 Å². The molecule has 2 aliphatic heterocycles. The maximum absolute atomic E-state index is 13.6. The first kappa shape index (κ1) is 24.6. The van der Waals surface area contributed by atoms with Gasteiger partial charge in [-0.2, -0.15) is 0 Å². The molecule has 2 aliphatic rings. The average molecular weight is 462 g/mol. The van der Waals surface area contributed by atoms with E-state index < -0.39 is 16.8 Å². The lowest BCUT2D eigenvalue weighted by Crippen LogP contribution is -2.59. The van der Waals surface area contributed by atoms with Crippen LogP contribution in [0.25, 0.3) is 0 Å². The Kier molecular flexibility index (Phi) is 7.25. The number of nitrogens with zero attached hydrogens (tertiary/aromatic N) is 1. The molecule has 5 atom stereocenters. The van der Waals surface area contributed by atoms with E-state index >= 15 is 0 Å². The van der Waals surface area contributed by atoms with Crippen molar-refractivity contribution in [2.45, 2.75) is 76.2 Å². The summed E-state index contributed by atoms with van der Waals surface area (Å²) in [5.41, 5.74) is 1.57. The first-order chi connectivity index (χ1) is 15.0. The Morgan fingerprint density at radius 3 is 2.44 bits per heavy atom. The number of hydrogen-bond acceptors (Lipinski definition) is 5. The van der Waals surface area contributed by atoms with Gasteiger partial charge in [0.25, 0.3) is 5.91 Å². The van der Waals surface area contributed by atoms with Crippen LogP contribution in [-0.4, -0.2) is 57.2 Å². The molecule has 0 aliphatic carbocycles. The predicted molar refractivity (Wildman–Crippen MR) is 126 cm³/mol. The first-order valence-corrected chi connectivity index (χ1v) is 12.2. The zero-order chi connectivity index (χ0) is 23.8. The van der Waals surface area contributed by atoms with Gasteiger partial charge in [0.2, 0.25) is 11.8 Å². The second-order valence-corrected chi connectivity index (χ2v) is 11.4. The van der Waals surface area contributed by atoms with Crippen molar-refractivity contribution in [2.24, 2.45) is 11.8 Å². The third-order valence-electron chi connectivity index (χ3n) is 6.67. The normalized spacial score (nSPS) is 24.0. The standard InChI is InChI=1S/C24H35N3O4S/c1-7-14(4)18(20(29)25-17(12-28)13(2)3)26-21(30)19-24(5,6)32-23-16-11-9-8-10-15(16)22(31)27(19)23/h8-11,13-14,17-19,23,28H,7,12H2,1-6H3,(H,25,29)(H,26,30)/t14-,17+,18-,19-,23-/m0/s1. The van der Waals surface area contributed by atoms with Gasteiger partial charge in [0.05, 0.1) is 12.6 Å². The Morgan fingerprint density at radius 1 is 1.19 bits per heavy atom. The number of rotatable bonds is 8. The number of nitrogens with one attached hydrogen (secondary N) is 2. The van der Waals surface area contributed by atoms with E-state index in [4.69, 9.17) is 0 Å². The van der Waals surface area contributed by atoms with Crippen LogP contribution in [0.5, 0.6) is 0 Å². The van der Waals surface area contributed by atoms with E-state index in [1.54, 1.807) is 22.7 Å². The predicted octanol–water partition coefficient (Wildman–Crippen LogP) is 2.70. The van der Waals surface area contributed by atoms with E-state index in [0.29, 0.717) is 12.0 Å². The molecule has 0 saturated carbocycles. The molecule has 7 nitrogen and oxygen atoms in total. The number of benzene rings is 1. The topological polar surface area (TPSA) is 98.7 Å². The van der Waals surface area contributed by atoms with Crippen molar-refractivity contribution in [1.82, 2.24) is 15.5 Å². The molecule has 176 valence electrons. The summed E-state index contributed by atoms with van der Waals surface area (Å²) in [6, 6.07) is 5.65. The van der Waals surface area contributed by atoms with Crippen molar-refractivity contribution in [3.8, 4) is 0 Å². The zero-order valence-electron chi connectivity index (χ0n) is 19.7. The summed E-state index contributed by atoms with van der Waals surface area (Å²) in [5.74, 6) is -0.824. The lowest BCUT2D eigenvalue weighted by Gasteiger charge is -2.33. The molecule has 0 unspecified atom stereocenters. The number of amides is 3. The number of carbonyl (C=O) groups is 3. The van der Waals surface area contributed by atoms with Gasteiger partial charge in [-0.1, -0.05) is 52.3 Å². The van der Waals surface area contributed by atoms with E-state index in [9.17, 15) is 19.5 Å². The molecule has 0 bridgehead atoms. The maximum atomic E-state index is 13.6. The van der Waals surface area contributed by atoms with Gasteiger partial charge >= 0.3 is 0 Å². The van der Waals surface area contributed by atoms with Crippen LogP contribution in [0.4, 0.5) is 0 Å². The fraction of sp³-hybridized carbons (Fsp3) is 0.625. The molecule has 1 aromatic rings. The molecule has 32 heavy (non-hydrogen) atoms. The Morgan fingerprint density at radius 2 is 1.84 bits per heavy atom. The van der Waals surface area contributed by atoms with Crippen molar-refractivity contribution in [3.63, 3.8) is 0 Å². The van der Waals surface area contributed by atoms with Crippen molar-refractivity contribution in [1.29, 1.82) is 0 Å². The highest BCUT2D eigenvalue weighted by molar-refractivity contribution is 8.01. The fourth-order valence-electron chi connectivity index (χ4n) is 4.43. The van der Waals surface area contributed by atoms with Crippen LogP contribution < -0.4 is 10.6 Å². The van der Waals surface area contributed by atoms with Gasteiger partial charge < -0.3 is 20.6 Å². The van der Waals surface area contributed by atoms with Gasteiger partial charge in [0.15, 0.2) is 0 Å². The van der Waals surface area contributed by atoms with E-state index in [2.05, 4.69) is 10.6 Å². The number of aliphatic hydroxyl groups is 1. The summed E-state index contributed by atoms with van der Waals surface area (Å²) in [7, 11) is 0. The number of aliphatic hydroxyl groups excluding tert-OH is 1. The highest BCUT2D eigenvalue weighted by Crippen LogP contribution is 2.56.